The fourth-order valence-corrected chi connectivity index (χ4v) is 1.50. The number of unbranched alkanes of at least 4 members (excludes halogenated alkanes) is 1. The van der Waals surface area contributed by atoms with Crippen molar-refractivity contribution in [2.45, 2.75) is 38.4 Å². The van der Waals surface area contributed by atoms with Crippen LogP contribution in [0, 0.1) is 0 Å². The lowest BCUT2D eigenvalue weighted by molar-refractivity contribution is -0.138. The van der Waals surface area contributed by atoms with Gasteiger partial charge in [-0.1, -0.05) is 26.3 Å². The van der Waals surface area contributed by atoms with Crippen molar-refractivity contribution in [3.8, 4) is 0 Å². The Kier molecular flexibility index (Phi) is 7.25. The molecule has 0 saturated carbocycles. The first-order chi connectivity index (χ1) is 6.99. The second kappa shape index (κ2) is 7.59. The molecular formula is C10H17O4S-. The molecule has 0 N–H and O–H groups in total. The summed E-state index contributed by atoms with van der Waals surface area (Å²) < 4.78 is 26.3. The molecule has 0 aromatic rings. The fourth-order valence-electron chi connectivity index (χ4n) is 0.959. The molecule has 0 aliphatic rings. The van der Waals surface area contributed by atoms with Crippen molar-refractivity contribution in [3.63, 3.8) is 0 Å². The number of hydrogen-bond donors (Lipinski definition) is 0. The molecule has 0 amide bonds. The Bertz CT molecular complexity index is 250. The predicted octanol–water partition coefficient (Wildman–Crippen LogP) is 1.54. The van der Waals surface area contributed by atoms with Gasteiger partial charge in [-0.2, -0.15) is 0 Å². The zero-order valence-corrected chi connectivity index (χ0v) is 9.97. The average molecular weight is 233 g/mol. The molecule has 0 aromatic carbocycles. The Balaban J connectivity index is 4.01. The third-order valence-electron chi connectivity index (χ3n) is 1.90. The lowest BCUT2D eigenvalue weighted by Gasteiger charge is -2.19. The molecule has 2 atom stereocenters. The van der Waals surface area contributed by atoms with Crippen LogP contribution in [0.15, 0.2) is 12.2 Å². The van der Waals surface area contributed by atoms with Gasteiger partial charge in [0.1, 0.15) is 6.61 Å². The molecule has 15 heavy (non-hydrogen) atoms. The zero-order chi connectivity index (χ0) is 11.8. The van der Waals surface area contributed by atoms with Gasteiger partial charge in [-0.3, -0.25) is 4.21 Å². The Labute approximate surface area is 93.0 Å². The van der Waals surface area contributed by atoms with Gasteiger partial charge in [0.15, 0.2) is 0 Å². The lowest BCUT2D eigenvalue weighted by Crippen LogP contribution is -2.23. The molecule has 5 heteroatoms. The number of carbonyl (C=O) groups excluding carboxylic acids is 1. The fraction of sp³-hybridized carbons (Fsp3) is 0.700. The summed E-state index contributed by atoms with van der Waals surface area (Å²) in [7, 11) is 0. The monoisotopic (exact) mass is 233 g/mol. The Hall–Kier alpha value is -0.680. The van der Waals surface area contributed by atoms with Crippen molar-refractivity contribution < 1.29 is 18.3 Å². The van der Waals surface area contributed by atoms with Crippen molar-refractivity contribution in [1.82, 2.24) is 0 Å². The van der Waals surface area contributed by atoms with E-state index in [1.807, 2.05) is 6.92 Å². The van der Waals surface area contributed by atoms with Crippen LogP contribution < -0.4 is 0 Å². The van der Waals surface area contributed by atoms with Crippen molar-refractivity contribution in [2.24, 2.45) is 0 Å². The molecule has 0 radical (unpaired) electrons. The van der Waals surface area contributed by atoms with E-state index in [4.69, 9.17) is 4.74 Å². The van der Waals surface area contributed by atoms with Crippen LogP contribution in [0.25, 0.3) is 0 Å². The van der Waals surface area contributed by atoms with Gasteiger partial charge >= 0.3 is 5.97 Å². The van der Waals surface area contributed by atoms with Gasteiger partial charge < -0.3 is 9.29 Å². The maximum absolute atomic E-state index is 11.0. The van der Waals surface area contributed by atoms with Crippen molar-refractivity contribution in [2.75, 3.05) is 6.61 Å². The van der Waals surface area contributed by atoms with Crippen LogP contribution in [0.3, 0.4) is 0 Å². The summed E-state index contributed by atoms with van der Waals surface area (Å²) in [5, 5.41) is -0.603. The minimum absolute atomic E-state index is 0.0815. The van der Waals surface area contributed by atoms with Crippen LogP contribution in [-0.4, -0.2) is 26.6 Å². The van der Waals surface area contributed by atoms with Crippen molar-refractivity contribution in [3.05, 3.63) is 12.2 Å². The smallest absolute Gasteiger partial charge is 0.333 e. The maximum Gasteiger partial charge on any atom is 0.333 e. The van der Waals surface area contributed by atoms with E-state index in [2.05, 4.69) is 6.58 Å². The van der Waals surface area contributed by atoms with E-state index in [-0.39, 0.29) is 12.2 Å². The summed E-state index contributed by atoms with van der Waals surface area (Å²) in [6.07, 6.45) is 2.25. The molecule has 0 aliphatic heterocycles. The number of hydrogen-bond acceptors (Lipinski definition) is 4. The van der Waals surface area contributed by atoms with E-state index in [9.17, 15) is 13.6 Å². The summed E-state index contributed by atoms with van der Waals surface area (Å²) in [4.78, 5) is 11.0. The first-order valence-corrected chi connectivity index (χ1v) is 6.03. The molecule has 0 spiro atoms. The number of rotatable bonds is 7. The molecule has 0 aliphatic carbocycles. The molecule has 0 rings (SSSR count). The largest absolute Gasteiger partial charge is 0.772 e. The van der Waals surface area contributed by atoms with E-state index in [0.717, 1.165) is 12.8 Å². The summed E-state index contributed by atoms with van der Waals surface area (Å²) in [6, 6.07) is 0. The molecule has 2 unspecified atom stereocenters. The van der Waals surface area contributed by atoms with E-state index in [0.29, 0.717) is 6.42 Å². The summed E-state index contributed by atoms with van der Waals surface area (Å²) in [5.74, 6) is -0.540. The Morgan fingerprint density at radius 3 is 2.60 bits per heavy atom. The Morgan fingerprint density at radius 1 is 1.60 bits per heavy atom. The Morgan fingerprint density at radius 2 is 2.20 bits per heavy atom. The summed E-state index contributed by atoms with van der Waals surface area (Å²) in [5.41, 5.74) is 0.279. The average Bonchev–Trinajstić information content (AvgIpc) is 2.16. The third-order valence-corrected chi connectivity index (χ3v) is 2.82. The van der Waals surface area contributed by atoms with Crippen LogP contribution in [0.4, 0.5) is 0 Å². The maximum atomic E-state index is 11.0. The third kappa shape index (κ3) is 6.41. The summed E-state index contributed by atoms with van der Waals surface area (Å²) >= 11 is -2.19. The van der Waals surface area contributed by atoms with E-state index in [1.54, 1.807) is 0 Å². The highest BCUT2D eigenvalue weighted by atomic mass is 32.2. The molecule has 0 heterocycles. The van der Waals surface area contributed by atoms with Crippen LogP contribution in [0.2, 0.25) is 0 Å². The van der Waals surface area contributed by atoms with Gasteiger partial charge in [0.25, 0.3) is 0 Å². The topological polar surface area (TPSA) is 66.4 Å². The molecule has 0 fully saturated rings. The quantitative estimate of drug-likeness (QED) is 0.380. The van der Waals surface area contributed by atoms with Gasteiger partial charge in [-0.25, -0.2) is 4.79 Å². The number of esters is 1. The molecule has 88 valence electrons. The van der Waals surface area contributed by atoms with Crippen LogP contribution in [-0.2, 0) is 20.6 Å². The van der Waals surface area contributed by atoms with Crippen LogP contribution in [0.1, 0.15) is 33.1 Å². The normalized spacial score (nSPS) is 14.3. The predicted molar refractivity (Wildman–Crippen MR) is 58.0 cm³/mol. The van der Waals surface area contributed by atoms with E-state index < -0.39 is 22.3 Å². The number of carbonyl (C=O) groups is 1. The zero-order valence-electron chi connectivity index (χ0n) is 9.15. The first-order valence-electron chi connectivity index (χ1n) is 4.89. The van der Waals surface area contributed by atoms with Gasteiger partial charge in [-0.05, 0) is 24.4 Å². The second-order valence-corrected chi connectivity index (χ2v) is 4.59. The minimum atomic E-state index is -2.19. The van der Waals surface area contributed by atoms with Gasteiger partial charge in [-0.15, -0.1) is 0 Å². The minimum Gasteiger partial charge on any atom is -0.772 e. The molecular weight excluding hydrogens is 216 g/mol. The van der Waals surface area contributed by atoms with Crippen LogP contribution >= 0.6 is 0 Å². The van der Waals surface area contributed by atoms with E-state index >= 15 is 0 Å². The highest BCUT2D eigenvalue weighted by Gasteiger charge is 2.12. The highest BCUT2D eigenvalue weighted by Crippen LogP contribution is 2.07. The first kappa shape index (κ1) is 14.3. The van der Waals surface area contributed by atoms with Crippen molar-refractivity contribution in [1.29, 1.82) is 0 Å². The SMILES string of the molecule is C=C(C)C(=O)OCC(CCCC)S(=O)[O-]. The number of ether oxygens (including phenoxy) is 1. The summed E-state index contributed by atoms with van der Waals surface area (Å²) in [6.45, 7) is 6.83. The lowest BCUT2D eigenvalue weighted by atomic mass is 10.2. The second-order valence-electron chi connectivity index (χ2n) is 3.40. The molecule has 4 nitrogen and oxygen atoms in total. The van der Waals surface area contributed by atoms with Gasteiger partial charge in [0, 0.05) is 5.57 Å². The van der Waals surface area contributed by atoms with Crippen molar-refractivity contribution >= 4 is 17.0 Å². The standard InChI is InChI=1S/C10H18O4S/c1-4-5-6-9(15(12)13)7-14-10(11)8(2)3/h9H,2,4-7H2,1,3H3,(H,12,13)/p-1. The highest BCUT2D eigenvalue weighted by molar-refractivity contribution is 7.79. The molecule has 0 aromatic heterocycles. The van der Waals surface area contributed by atoms with Gasteiger partial charge in [0.2, 0.25) is 0 Å². The molecule has 0 saturated heterocycles. The van der Waals surface area contributed by atoms with Crippen LogP contribution in [0.5, 0.6) is 0 Å². The van der Waals surface area contributed by atoms with E-state index in [1.165, 1.54) is 6.92 Å². The van der Waals surface area contributed by atoms with Gasteiger partial charge in [0.05, 0.1) is 5.25 Å². The molecule has 0 bridgehead atoms.